The van der Waals surface area contributed by atoms with E-state index >= 15 is 0 Å². The van der Waals surface area contributed by atoms with Crippen LogP contribution in [0, 0.1) is 11.6 Å². The Morgan fingerprint density at radius 2 is 1.56 bits per heavy atom. The molecule has 0 atom stereocenters. The fraction of sp³-hybridized carbons (Fsp3) is 0.200. The lowest BCUT2D eigenvalue weighted by Gasteiger charge is -2.07. The van der Waals surface area contributed by atoms with E-state index in [2.05, 4.69) is 24.4 Å². The molecule has 3 heteroatoms. The third-order valence-electron chi connectivity index (χ3n) is 2.85. The Balaban J connectivity index is 1.99. The molecule has 0 aliphatic rings. The van der Waals surface area contributed by atoms with E-state index in [1.54, 1.807) is 0 Å². The van der Waals surface area contributed by atoms with Gasteiger partial charge in [0.1, 0.15) is 0 Å². The van der Waals surface area contributed by atoms with Gasteiger partial charge in [0.05, 0.1) is 0 Å². The summed E-state index contributed by atoms with van der Waals surface area (Å²) in [6, 6.07) is 12.0. The van der Waals surface area contributed by atoms with Crippen molar-refractivity contribution < 1.29 is 8.78 Å². The summed E-state index contributed by atoms with van der Waals surface area (Å²) in [6.45, 7) is 2.70. The van der Waals surface area contributed by atoms with Gasteiger partial charge in [0.2, 0.25) is 0 Å². The summed E-state index contributed by atoms with van der Waals surface area (Å²) >= 11 is 0. The van der Waals surface area contributed by atoms with Crippen LogP contribution in [0.3, 0.4) is 0 Å². The summed E-state index contributed by atoms with van der Waals surface area (Å²) < 4.78 is 25.7. The van der Waals surface area contributed by atoms with Crippen LogP contribution < -0.4 is 5.32 Å². The van der Waals surface area contributed by atoms with Gasteiger partial charge in [-0.05, 0) is 29.7 Å². The summed E-state index contributed by atoms with van der Waals surface area (Å²) in [7, 11) is 0. The predicted octanol–water partition coefficient (Wildman–Crippen LogP) is 4.14. The predicted molar refractivity (Wildman–Crippen MR) is 69.5 cm³/mol. The van der Waals surface area contributed by atoms with Crippen LogP contribution >= 0.6 is 0 Å². The fourth-order valence-corrected chi connectivity index (χ4v) is 1.70. The van der Waals surface area contributed by atoms with Gasteiger partial charge in [0, 0.05) is 18.3 Å². The molecular weight excluding hydrogens is 232 g/mol. The Morgan fingerprint density at radius 1 is 0.889 bits per heavy atom. The maximum Gasteiger partial charge on any atom is 0.160 e. The third kappa shape index (κ3) is 3.06. The maximum atomic E-state index is 13.0. The molecule has 2 aromatic rings. The highest BCUT2D eigenvalue weighted by atomic mass is 19.2. The zero-order valence-electron chi connectivity index (χ0n) is 10.2. The summed E-state index contributed by atoms with van der Waals surface area (Å²) in [5, 5.41) is 3.06. The minimum atomic E-state index is -0.832. The summed E-state index contributed by atoms with van der Waals surface area (Å²) in [5.41, 5.74) is 2.97. The van der Waals surface area contributed by atoms with Crippen molar-refractivity contribution in [2.45, 2.75) is 19.9 Å². The van der Waals surface area contributed by atoms with Gasteiger partial charge >= 0.3 is 0 Å². The van der Waals surface area contributed by atoms with Crippen LogP contribution in [0.15, 0.2) is 42.5 Å². The third-order valence-corrected chi connectivity index (χ3v) is 2.85. The van der Waals surface area contributed by atoms with E-state index in [0.29, 0.717) is 12.2 Å². The lowest BCUT2D eigenvalue weighted by atomic mass is 10.1. The summed E-state index contributed by atoms with van der Waals surface area (Å²) in [5.74, 6) is -1.66. The van der Waals surface area contributed by atoms with Gasteiger partial charge in [0.15, 0.2) is 11.6 Å². The van der Waals surface area contributed by atoms with E-state index in [4.69, 9.17) is 0 Å². The Bertz CT molecular complexity index is 521. The van der Waals surface area contributed by atoms with Crippen molar-refractivity contribution >= 4 is 5.69 Å². The van der Waals surface area contributed by atoms with Gasteiger partial charge < -0.3 is 5.32 Å². The van der Waals surface area contributed by atoms with Crippen molar-refractivity contribution in [2.75, 3.05) is 5.32 Å². The highest BCUT2D eigenvalue weighted by Gasteiger charge is 2.02. The zero-order chi connectivity index (χ0) is 13.0. The number of benzene rings is 2. The van der Waals surface area contributed by atoms with E-state index in [0.717, 1.165) is 24.1 Å². The Hall–Kier alpha value is -1.90. The van der Waals surface area contributed by atoms with Crippen LogP contribution in [0.4, 0.5) is 14.5 Å². The van der Waals surface area contributed by atoms with Crippen LogP contribution in [0.1, 0.15) is 18.1 Å². The smallest absolute Gasteiger partial charge is 0.160 e. The summed E-state index contributed by atoms with van der Waals surface area (Å²) in [4.78, 5) is 0. The molecule has 0 fully saturated rings. The molecular formula is C15H15F2N. The Labute approximate surface area is 105 Å². The molecule has 0 radical (unpaired) electrons. The van der Waals surface area contributed by atoms with Crippen molar-refractivity contribution in [3.05, 3.63) is 65.2 Å². The van der Waals surface area contributed by atoms with Crippen molar-refractivity contribution in [3.63, 3.8) is 0 Å². The van der Waals surface area contributed by atoms with Crippen LogP contribution in [-0.2, 0) is 13.0 Å². The van der Waals surface area contributed by atoms with Crippen LogP contribution in [0.5, 0.6) is 0 Å². The van der Waals surface area contributed by atoms with E-state index in [9.17, 15) is 8.78 Å². The first-order chi connectivity index (χ1) is 8.69. The van der Waals surface area contributed by atoms with Gasteiger partial charge in [-0.25, -0.2) is 8.78 Å². The van der Waals surface area contributed by atoms with Crippen LogP contribution in [0.25, 0.3) is 0 Å². The molecule has 0 amide bonds. The lowest BCUT2D eigenvalue weighted by molar-refractivity contribution is 0.509. The largest absolute Gasteiger partial charge is 0.381 e. The van der Waals surface area contributed by atoms with Crippen LogP contribution in [0.2, 0.25) is 0 Å². The molecule has 0 aliphatic heterocycles. The van der Waals surface area contributed by atoms with E-state index in [1.165, 1.54) is 11.6 Å². The Kier molecular flexibility index (Phi) is 3.92. The van der Waals surface area contributed by atoms with Gasteiger partial charge in [-0.1, -0.05) is 31.2 Å². The molecule has 0 heterocycles. The maximum absolute atomic E-state index is 13.0. The van der Waals surface area contributed by atoms with Crippen molar-refractivity contribution in [2.24, 2.45) is 0 Å². The molecule has 94 valence electrons. The molecule has 0 saturated carbocycles. The highest BCUT2D eigenvalue weighted by molar-refractivity contribution is 5.44. The molecule has 0 unspecified atom stereocenters. The van der Waals surface area contributed by atoms with E-state index in [1.807, 2.05) is 12.1 Å². The SMILES string of the molecule is CCc1ccc(CNc2ccc(F)c(F)c2)cc1. The number of halogens is 2. The van der Waals surface area contributed by atoms with Gasteiger partial charge in [-0.15, -0.1) is 0 Å². The van der Waals surface area contributed by atoms with E-state index < -0.39 is 11.6 Å². The average molecular weight is 247 g/mol. The second kappa shape index (κ2) is 5.63. The number of nitrogens with one attached hydrogen (secondary N) is 1. The molecule has 0 aromatic heterocycles. The number of hydrogen-bond donors (Lipinski definition) is 1. The standard InChI is InChI=1S/C15H15F2N/c1-2-11-3-5-12(6-4-11)10-18-13-7-8-14(16)15(17)9-13/h3-9,18H,2,10H2,1H3. The molecule has 1 N–H and O–H groups in total. The van der Waals surface area contributed by atoms with Gasteiger partial charge in [-0.2, -0.15) is 0 Å². The monoisotopic (exact) mass is 247 g/mol. The van der Waals surface area contributed by atoms with E-state index in [-0.39, 0.29) is 0 Å². The minimum absolute atomic E-state index is 0.577. The van der Waals surface area contributed by atoms with Crippen molar-refractivity contribution in [3.8, 4) is 0 Å². The average Bonchev–Trinajstić information content (AvgIpc) is 2.41. The molecule has 2 aromatic carbocycles. The molecule has 0 spiro atoms. The molecule has 18 heavy (non-hydrogen) atoms. The quantitative estimate of drug-likeness (QED) is 0.856. The second-order valence-electron chi connectivity index (χ2n) is 4.15. The number of aryl methyl sites for hydroxylation is 1. The molecule has 2 rings (SSSR count). The van der Waals surface area contributed by atoms with Gasteiger partial charge in [0.25, 0.3) is 0 Å². The number of anilines is 1. The number of rotatable bonds is 4. The first-order valence-corrected chi connectivity index (χ1v) is 5.96. The molecule has 1 nitrogen and oxygen atoms in total. The zero-order valence-corrected chi connectivity index (χ0v) is 10.2. The molecule has 0 aliphatic carbocycles. The topological polar surface area (TPSA) is 12.0 Å². The van der Waals surface area contributed by atoms with Crippen molar-refractivity contribution in [1.29, 1.82) is 0 Å². The normalized spacial score (nSPS) is 10.4. The lowest BCUT2D eigenvalue weighted by Crippen LogP contribution is -2.00. The first-order valence-electron chi connectivity index (χ1n) is 5.96. The van der Waals surface area contributed by atoms with Gasteiger partial charge in [-0.3, -0.25) is 0 Å². The molecule has 0 saturated heterocycles. The Morgan fingerprint density at radius 3 is 2.17 bits per heavy atom. The van der Waals surface area contributed by atoms with Crippen LogP contribution in [-0.4, -0.2) is 0 Å². The fourth-order valence-electron chi connectivity index (χ4n) is 1.70. The first kappa shape index (κ1) is 12.6. The minimum Gasteiger partial charge on any atom is -0.381 e. The highest BCUT2D eigenvalue weighted by Crippen LogP contribution is 2.14. The second-order valence-corrected chi connectivity index (χ2v) is 4.15. The van der Waals surface area contributed by atoms with Crippen molar-refractivity contribution in [1.82, 2.24) is 0 Å². The summed E-state index contributed by atoms with van der Waals surface area (Å²) in [6.07, 6.45) is 1.01. The molecule has 0 bridgehead atoms. The number of hydrogen-bond acceptors (Lipinski definition) is 1.